The SMILES string of the molecule is O=C(C[N+]1=CCc2cccc(Cl)c21)N1CCN(c2ccc(S(=O)(=O)Nc3nccs3)cc2)C(=O)C1.[HH]. The third-order valence-electron chi connectivity index (χ3n) is 5.88. The number of sulfonamides is 1. The number of thiazole rings is 1. The molecule has 0 spiro atoms. The Morgan fingerprint density at radius 3 is 2.71 bits per heavy atom. The summed E-state index contributed by atoms with van der Waals surface area (Å²) in [6.45, 7) is 0.755. The van der Waals surface area contributed by atoms with Crippen LogP contribution in [0.4, 0.5) is 16.5 Å². The van der Waals surface area contributed by atoms with Crippen molar-refractivity contribution in [3.8, 4) is 0 Å². The molecule has 2 aliphatic heterocycles. The number of carbonyl (C=O) groups excluding carboxylic acids is 2. The summed E-state index contributed by atoms with van der Waals surface area (Å²) in [6.07, 6.45) is 4.16. The molecule has 2 aliphatic rings. The molecule has 0 saturated carbocycles. The lowest BCUT2D eigenvalue weighted by molar-refractivity contribution is -0.421. The molecule has 2 amide bonds. The Morgan fingerprint density at radius 2 is 2.00 bits per heavy atom. The van der Waals surface area contributed by atoms with Gasteiger partial charge in [0.25, 0.3) is 15.9 Å². The van der Waals surface area contributed by atoms with E-state index in [4.69, 9.17) is 11.6 Å². The maximum atomic E-state index is 12.9. The predicted molar refractivity (Wildman–Crippen MR) is 136 cm³/mol. The van der Waals surface area contributed by atoms with Crippen molar-refractivity contribution in [2.75, 3.05) is 35.8 Å². The van der Waals surface area contributed by atoms with Crippen LogP contribution in [0.2, 0.25) is 5.02 Å². The lowest BCUT2D eigenvalue weighted by Gasteiger charge is -2.34. The van der Waals surface area contributed by atoms with E-state index in [0.29, 0.717) is 30.2 Å². The van der Waals surface area contributed by atoms with Gasteiger partial charge >= 0.3 is 0 Å². The topological polar surface area (TPSA) is 103 Å². The molecule has 3 heterocycles. The first-order chi connectivity index (χ1) is 16.8. The van der Waals surface area contributed by atoms with Gasteiger partial charge in [0.2, 0.25) is 18.1 Å². The minimum atomic E-state index is -3.78. The van der Waals surface area contributed by atoms with Crippen LogP contribution < -0.4 is 9.62 Å². The molecule has 182 valence electrons. The number of rotatable bonds is 6. The normalized spacial score (nSPS) is 15.7. The van der Waals surface area contributed by atoms with E-state index in [2.05, 4.69) is 9.71 Å². The van der Waals surface area contributed by atoms with Crippen LogP contribution in [-0.2, 0) is 26.0 Å². The first-order valence-electron chi connectivity index (χ1n) is 10.8. The molecule has 0 bridgehead atoms. The summed E-state index contributed by atoms with van der Waals surface area (Å²) >= 11 is 7.51. The molecular formula is C23H23ClN5O4S2+. The van der Waals surface area contributed by atoms with Gasteiger partial charge in [0.15, 0.2) is 11.3 Å². The molecule has 0 unspecified atom stereocenters. The Bertz CT molecular complexity index is 1430. The van der Waals surface area contributed by atoms with Gasteiger partial charge in [-0.1, -0.05) is 23.7 Å². The summed E-state index contributed by atoms with van der Waals surface area (Å²) in [6, 6.07) is 11.7. The summed E-state index contributed by atoms with van der Waals surface area (Å²) in [7, 11) is -3.78. The van der Waals surface area contributed by atoms with Crippen molar-refractivity contribution in [2.45, 2.75) is 11.3 Å². The first-order valence-corrected chi connectivity index (χ1v) is 13.5. The zero-order chi connectivity index (χ0) is 24.6. The van der Waals surface area contributed by atoms with E-state index in [0.717, 1.165) is 11.3 Å². The maximum absolute atomic E-state index is 12.9. The Kier molecular flexibility index (Phi) is 6.30. The molecule has 3 aromatic rings. The van der Waals surface area contributed by atoms with Gasteiger partial charge in [-0.3, -0.25) is 14.3 Å². The number of nitrogens with one attached hydrogen (secondary N) is 1. The van der Waals surface area contributed by atoms with Gasteiger partial charge in [-0.2, -0.15) is 4.58 Å². The van der Waals surface area contributed by atoms with Gasteiger partial charge in [0.05, 0.1) is 11.3 Å². The molecule has 1 saturated heterocycles. The van der Waals surface area contributed by atoms with Gasteiger partial charge in [-0.05, 0) is 30.3 Å². The molecule has 1 N–H and O–H groups in total. The Hall–Kier alpha value is -3.28. The molecule has 9 nitrogen and oxygen atoms in total. The van der Waals surface area contributed by atoms with E-state index in [1.807, 2.05) is 22.9 Å². The number of hydrogen-bond acceptors (Lipinski definition) is 6. The highest BCUT2D eigenvalue weighted by molar-refractivity contribution is 7.93. The van der Waals surface area contributed by atoms with E-state index in [1.54, 1.807) is 28.5 Å². The number of benzene rings is 2. The van der Waals surface area contributed by atoms with Crippen LogP contribution in [0.25, 0.3) is 0 Å². The van der Waals surface area contributed by atoms with Crippen molar-refractivity contribution in [1.29, 1.82) is 0 Å². The zero-order valence-electron chi connectivity index (χ0n) is 18.4. The molecule has 5 rings (SSSR count). The van der Waals surface area contributed by atoms with Crippen molar-refractivity contribution in [3.63, 3.8) is 0 Å². The average Bonchev–Trinajstić information content (AvgIpc) is 3.49. The smallest absolute Gasteiger partial charge is 0.289 e. The van der Waals surface area contributed by atoms with Gasteiger partial charge in [0, 0.05) is 37.3 Å². The lowest BCUT2D eigenvalue weighted by atomic mass is 10.1. The lowest BCUT2D eigenvalue weighted by Crippen LogP contribution is -2.53. The number of hydrogen-bond donors (Lipinski definition) is 1. The van der Waals surface area contributed by atoms with Crippen molar-refractivity contribution in [3.05, 3.63) is 64.6 Å². The third kappa shape index (κ3) is 4.79. The minimum Gasteiger partial charge on any atom is -0.326 e. The van der Waals surface area contributed by atoms with Crippen molar-refractivity contribution < 1.29 is 24.0 Å². The second-order valence-corrected chi connectivity index (χ2v) is 11.0. The molecule has 1 fully saturated rings. The van der Waals surface area contributed by atoms with E-state index >= 15 is 0 Å². The summed E-state index contributed by atoms with van der Waals surface area (Å²) < 4.78 is 29.3. The Labute approximate surface area is 212 Å². The molecule has 35 heavy (non-hydrogen) atoms. The number of aromatic nitrogens is 1. The second kappa shape index (κ2) is 9.40. The number of para-hydroxylation sites is 1. The number of amides is 2. The first kappa shape index (κ1) is 23.5. The van der Waals surface area contributed by atoms with Gasteiger partial charge < -0.3 is 9.80 Å². The van der Waals surface area contributed by atoms with Gasteiger partial charge in [-0.15, -0.1) is 11.3 Å². The zero-order valence-corrected chi connectivity index (χ0v) is 20.8. The fraction of sp³-hybridized carbons (Fsp3) is 0.217. The van der Waals surface area contributed by atoms with E-state index in [-0.39, 0.29) is 36.4 Å². The number of fused-ring (bicyclic) bond motifs is 1. The molecule has 1 aromatic heterocycles. The van der Waals surface area contributed by atoms with Crippen molar-refractivity contribution in [1.82, 2.24) is 9.88 Å². The molecule has 0 atom stereocenters. The minimum absolute atomic E-state index is 0. The molecule has 2 aromatic carbocycles. The quantitative estimate of drug-likeness (QED) is 0.492. The molecule has 0 radical (unpaired) electrons. The van der Waals surface area contributed by atoms with Crippen LogP contribution in [0.1, 0.15) is 6.99 Å². The van der Waals surface area contributed by atoms with Gasteiger partial charge in [0.1, 0.15) is 11.6 Å². The second-order valence-electron chi connectivity index (χ2n) is 8.06. The predicted octanol–water partition coefficient (Wildman–Crippen LogP) is 2.99. The highest BCUT2D eigenvalue weighted by Gasteiger charge is 2.33. The monoisotopic (exact) mass is 532 g/mol. The van der Waals surface area contributed by atoms with Crippen LogP contribution in [-0.4, -0.2) is 67.1 Å². The van der Waals surface area contributed by atoms with E-state index in [9.17, 15) is 18.0 Å². The number of piperazine rings is 1. The summed E-state index contributed by atoms with van der Waals surface area (Å²) in [4.78, 5) is 32.9. The molecular weight excluding hydrogens is 510 g/mol. The van der Waals surface area contributed by atoms with Crippen LogP contribution in [0.5, 0.6) is 0 Å². The van der Waals surface area contributed by atoms with Crippen LogP contribution >= 0.6 is 22.9 Å². The van der Waals surface area contributed by atoms with E-state index < -0.39 is 10.0 Å². The number of carbonyl (C=O) groups is 2. The average molecular weight is 533 g/mol. The highest BCUT2D eigenvalue weighted by Crippen LogP contribution is 2.32. The van der Waals surface area contributed by atoms with Crippen molar-refractivity contribution in [2.24, 2.45) is 0 Å². The standard InChI is InChI=1S/C23H21ClN5O4S2.H2/c24-19-3-1-2-16-8-10-28(22(16)19)14-20(30)27-11-12-29(21(31)15-27)17-4-6-18(7-5-17)35(32,33)26-23-25-9-13-34-23;/h1-7,9-10,13H,8,11-12,14-15H2,(H,25,26);1H/q+1;. The van der Waals surface area contributed by atoms with Crippen LogP contribution in [0, 0.1) is 0 Å². The fourth-order valence-corrected chi connectivity index (χ4v) is 6.24. The number of halogens is 1. The summed E-state index contributed by atoms with van der Waals surface area (Å²) in [5, 5.41) is 2.55. The summed E-state index contributed by atoms with van der Waals surface area (Å²) in [5.41, 5.74) is 2.48. The van der Waals surface area contributed by atoms with E-state index in [1.165, 1.54) is 34.6 Å². The van der Waals surface area contributed by atoms with Crippen LogP contribution in [0.3, 0.4) is 0 Å². The van der Waals surface area contributed by atoms with Crippen molar-refractivity contribution >= 4 is 67.5 Å². The number of anilines is 2. The Morgan fingerprint density at radius 1 is 1.20 bits per heavy atom. The largest absolute Gasteiger partial charge is 0.326 e. The fourth-order valence-electron chi connectivity index (χ4n) is 4.15. The summed E-state index contributed by atoms with van der Waals surface area (Å²) in [5.74, 6) is -0.387. The molecule has 0 aliphatic carbocycles. The van der Waals surface area contributed by atoms with Gasteiger partial charge in [-0.25, -0.2) is 13.4 Å². The van der Waals surface area contributed by atoms with Crippen LogP contribution in [0.15, 0.2) is 58.9 Å². The highest BCUT2D eigenvalue weighted by atomic mass is 35.5. The maximum Gasteiger partial charge on any atom is 0.289 e. The molecule has 12 heteroatoms. The third-order valence-corrected chi connectivity index (χ3v) is 8.36. The Balaban J connectivity index is 0.00000304. The number of nitrogens with zero attached hydrogens (tertiary/aromatic N) is 4.